The van der Waals surface area contributed by atoms with Crippen molar-refractivity contribution in [2.75, 3.05) is 19.8 Å². The van der Waals surface area contributed by atoms with Gasteiger partial charge in [0.15, 0.2) is 0 Å². The van der Waals surface area contributed by atoms with E-state index in [2.05, 4.69) is 4.72 Å². The maximum Gasteiger partial charge on any atom is 0.243 e. The van der Waals surface area contributed by atoms with Gasteiger partial charge in [-0.25, -0.2) is 17.5 Å². The number of hydrogen-bond acceptors (Lipinski definition) is 4. The van der Waals surface area contributed by atoms with Gasteiger partial charge in [0, 0.05) is 36.9 Å². The van der Waals surface area contributed by atoms with E-state index in [4.69, 9.17) is 22.1 Å². The number of halogens is 2. The Morgan fingerprint density at radius 2 is 2.10 bits per heavy atom. The summed E-state index contributed by atoms with van der Waals surface area (Å²) in [5.41, 5.74) is 5.43. The first-order valence-electron chi connectivity index (χ1n) is 6.67. The number of nitrogens with one attached hydrogen (secondary N) is 1. The normalized spacial score (nSPS) is 11.8. The Kier molecular flexibility index (Phi) is 7.55. The summed E-state index contributed by atoms with van der Waals surface area (Å²) in [4.78, 5) is -0.482. The predicted octanol–water partition coefficient (Wildman–Crippen LogP) is 2.03. The minimum atomic E-state index is -3.96. The number of ether oxygens (including phenoxy) is 1. The van der Waals surface area contributed by atoms with Crippen LogP contribution in [0.4, 0.5) is 4.39 Å². The minimum absolute atomic E-state index is 0.0640. The maximum absolute atomic E-state index is 14.0. The molecule has 1 aromatic carbocycles. The molecule has 1 aromatic rings. The number of benzene rings is 1. The van der Waals surface area contributed by atoms with Crippen LogP contribution in [0.5, 0.6) is 0 Å². The first-order chi connectivity index (χ1) is 9.92. The van der Waals surface area contributed by atoms with E-state index in [-0.39, 0.29) is 23.7 Å². The van der Waals surface area contributed by atoms with E-state index in [0.29, 0.717) is 19.6 Å². The zero-order valence-corrected chi connectivity index (χ0v) is 13.4. The standard InChI is InChI=1S/C13H20ClFN2O3S/c1-2-5-20-6-3-4-17-21(18,19)12-8-11(14)7-10(9-16)13(12)15/h7-8,17H,2-6,9,16H2,1H3. The van der Waals surface area contributed by atoms with Crippen molar-refractivity contribution >= 4 is 21.6 Å². The SMILES string of the molecule is CCCOCCCNS(=O)(=O)c1cc(Cl)cc(CN)c1F. The molecule has 0 radical (unpaired) electrons. The van der Waals surface area contributed by atoms with E-state index in [9.17, 15) is 12.8 Å². The fourth-order valence-electron chi connectivity index (χ4n) is 1.67. The average molecular weight is 339 g/mol. The van der Waals surface area contributed by atoms with E-state index in [1.807, 2.05) is 6.92 Å². The third kappa shape index (κ3) is 5.52. The van der Waals surface area contributed by atoms with Gasteiger partial charge in [-0.1, -0.05) is 18.5 Å². The van der Waals surface area contributed by atoms with Crippen molar-refractivity contribution in [3.05, 3.63) is 28.5 Å². The first kappa shape index (κ1) is 18.3. The van der Waals surface area contributed by atoms with E-state index < -0.39 is 20.7 Å². The van der Waals surface area contributed by atoms with Crippen LogP contribution >= 0.6 is 11.6 Å². The van der Waals surface area contributed by atoms with Gasteiger partial charge in [-0.3, -0.25) is 0 Å². The summed E-state index contributed by atoms with van der Waals surface area (Å²) in [6.45, 7) is 3.10. The number of rotatable bonds is 9. The highest BCUT2D eigenvalue weighted by Gasteiger charge is 2.21. The maximum atomic E-state index is 14.0. The van der Waals surface area contributed by atoms with E-state index in [1.54, 1.807) is 0 Å². The van der Waals surface area contributed by atoms with Crippen LogP contribution in [-0.4, -0.2) is 28.2 Å². The van der Waals surface area contributed by atoms with E-state index >= 15 is 0 Å². The van der Waals surface area contributed by atoms with Crippen molar-refractivity contribution in [1.82, 2.24) is 4.72 Å². The molecule has 0 saturated carbocycles. The molecule has 0 unspecified atom stereocenters. The van der Waals surface area contributed by atoms with Gasteiger partial charge in [0.1, 0.15) is 10.7 Å². The molecule has 0 atom stereocenters. The van der Waals surface area contributed by atoms with Gasteiger partial charge in [0.25, 0.3) is 0 Å². The van der Waals surface area contributed by atoms with Crippen LogP contribution < -0.4 is 10.5 Å². The zero-order chi connectivity index (χ0) is 15.9. The lowest BCUT2D eigenvalue weighted by atomic mass is 10.2. The minimum Gasteiger partial charge on any atom is -0.381 e. The van der Waals surface area contributed by atoms with Crippen LogP contribution in [0.2, 0.25) is 5.02 Å². The molecule has 5 nitrogen and oxygen atoms in total. The second kappa shape index (κ2) is 8.65. The van der Waals surface area contributed by atoms with Gasteiger partial charge < -0.3 is 10.5 Å². The van der Waals surface area contributed by atoms with Gasteiger partial charge >= 0.3 is 0 Å². The lowest BCUT2D eigenvalue weighted by molar-refractivity contribution is 0.133. The monoisotopic (exact) mass is 338 g/mol. The molecular weight excluding hydrogens is 319 g/mol. The largest absolute Gasteiger partial charge is 0.381 e. The summed E-state index contributed by atoms with van der Waals surface area (Å²) in [6.07, 6.45) is 1.41. The van der Waals surface area contributed by atoms with Crippen molar-refractivity contribution < 1.29 is 17.5 Å². The molecule has 120 valence electrons. The zero-order valence-electron chi connectivity index (χ0n) is 11.9. The van der Waals surface area contributed by atoms with Crippen molar-refractivity contribution in [2.24, 2.45) is 5.73 Å². The molecular formula is C13H20ClFN2O3S. The smallest absolute Gasteiger partial charge is 0.243 e. The van der Waals surface area contributed by atoms with Gasteiger partial charge in [0.2, 0.25) is 10.0 Å². The lowest BCUT2D eigenvalue weighted by Crippen LogP contribution is -2.27. The van der Waals surface area contributed by atoms with Crippen LogP contribution in [0, 0.1) is 5.82 Å². The van der Waals surface area contributed by atoms with Crippen molar-refractivity contribution in [2.45, 2.75) is 31.2 Å². The lowest BCUT2D eigenvalue weighted by Gasteiger charge is -2.10. The number of nitrogens with two attached hydrogens (primary N) is 1. The Labute approximate surface area is 129 Å². The van der Waals surface area contributed by atoms with Gasteiger partial charge in [-0.05, 0) is 25.0 Å². The molecule has 0 spiro atoms. The summed E-state index contributed by atoms with van der Waals surface area (Å²) in [5, 5.41) is 0.128. The van der Waals surface area contributed by atoms with E-state index in [1.165, 1.54) is 6.07 Å². The van der Waals surface area contributed by atoms with E-state index in [0.717, 1.165) is 12.5 Å². The molecule has 1 rings (SSSR count). The van der Waals surface area contributed by atoms with Gasteiger partial charge in [-0.15, -0.1) is 0 Å². The van der Waals surface area contributed by atoms with Crippen LogP contribution in [0.1, 0.15) is 25.3 Å². The molecule has 0 bridgehead atoms. The summed E-state index contributed by atoms with van der Waals surface area (Å²) in [5.74, 6) is -0.864. The molecule has 8 heteroatoms. The second-order valence-corrected chi connectivity index (χ2v) is 6.62. The highest BCUT2D eigenvalue weighted by Crippen LogP contribution is 2.23. The Hall–Kier alpha value is -0.730. The molecule has 0 fully saturated rings. The Morgan fingerprint density at radius 3 is 2.71 bits per heavy atom. The predicted molar refractivity (Wildman–Crippen MR) is 80.2 cm³/mol. The van der Waals surface area contributed by atoms with Crippen molar-refractivity contribution in [1.29, 1.82) is 0 Å². The van der Waals surface area contributed by atoms with Gasteiger partial charge in [0.05, 0.1) is 0 Å². The molecule has 0 aliphatic rings. The quantitative estimate of drug-likeness (QED) is 0.675. The third-order valence-electron chi connectivity index (χ3n) is 2.69. The van der Waals surface area contributed by atoms with Crippen LogP contribution in [0.15, 0.2) is 17.0 Å². The highest BCUT2D eigenvalue weighted by molar-refractivity contribution is 7.89. The molecule has 0 heterocycles. The summed E-state index contributed by atoms with van der Waals surface area (Å²) >= 11 is 5.79. The second-order valence-electron chi connectivity index (χ2n) is 4.44. The number of hydrogen-bond donors (Lipinski definition) is 2. The van der Waals surface area contributed by atoms with Gasteiger partial charge in [-0.2, -0.15) is 0 Å². The number of sulfonamides is 1. The summed E-state index contributed by atoms with van der Waals surface area (Å²) < 4.78 is 45.7. The van der Waals surface area contributed by atoms with Crippen molar-refractivity contribution in [3.8, 4) is 0 Å². The Morgan fingerprint density at radius 1 is 1.38 bits per heavy atom. The molecule has 0 aromatic heterocycles. The molecule has 0 amide bonds. The summed E-state index contributed by atoms with van der Waals surface area (Å²) in [7, 11) is -3.96. The van der Waals surface area contributed by atoms with Crippen LogP contribution in [0.25, 0.3) is 0 Å². The highest BCUT2D eigenvalue weighted by atomic mass is 35.5. The Bertz CT molecular complexity index is 567. The Balaban J connectivity index is 2.72. The molecule has 0 aliphatic carbocycles. The molecule has 0 saturated heterocycles. The molecule has 3 N–H and O–H groups in total. The van der Waals surface area contributed by atoms with Crippen LogP contribution in [-0.2, 0) is 21.3 Å². The summed E-state index contributed by atoms with van der Waals surface area (Å²) in [6, 6.07) is 2.39. The average Bonchev–Trinajstić information content (AvgIpc) is 2.44. The third-order valence-corrected chi connectivity index (χ3v) is 4.37. The fraction of sp³-hybridized carbons (Fsp3) is 0.538. The van der Waals surface area contributed by atoms with Crippen molar-refractivity contribution in [3.63, 3.8) is 0 Å². The first-order valence-corrected chi connectivity index (χ1v) is 8.54. The van der Waals surface area contributed by atoms with Crippen LogP contribution in [0.3, 0.4) is 0 Å². The fourth-order valence-corrected chi connectivity index (χ4v) is 3.19. The molecule has 21 heavy (non-hydrogen) atoms. The topological polar surface area (TPSA) is 81.4 Å². The molecule has 0 aliphatic heterocycles.